The van der Waals surface area contributed by atoms with E-state index in [9.17, 15) is 9.59 Å². The Bertz CT molecular complexity index is 559. The minimum absolute atomic E-state index is 0.0896. The van der Waals surface area contributed by atoms with Crippen LogP contribution in [0.1, 0.15) is 25.8 Å². The molecule has 1 N–H and O–H groups in total. The standard InChI is InChI=1S/C16H22N2O4/c1-4-18(3)16(20)11(2)17-14(19)9-8-12-6-5-7-13-15(12)22-10-21-13/h5-7,11H,4,8-10H2,1-3H3,(H,17,19)/t11-/m0/s1. The maximum Gasteiger partial charge on any atom is 0.244 e. The highest BCUT2D eigenvalue weighted by atomic mass is 16.7. The molecule has 2 amide bonds. The van der Waals surface area contributed by atoms with Gasteiger partial charge in [-0.25, -0.2) is 0 Å². The number of rotatable bonds is 6. The fourth-order valence-electron chi connectivity index (χ4n) is 2.30. The normalized spacial score (nSPS) is 13.6. The molecule has 1 aliphatic heterocycles. The SMILES string of the molecule is CCN(C)C(=O)[C@H](C)NC(=O)CCc1cccc2c1OCO2. The molecule has 0 saturated heterocycles. The summed E-state index contributed by atoms with van der Waals surface area (Å²) in [6.07, 6.45) is 0.843. The van der Waals surface area contributed by atoms with E-state index in [4.69, 9.17) is 9.47 Å². The molecule has 0 fully saturated rings. The molecule has 0 bridgehead atoms. The van der Waals surface area contributed by atoms with Gasteiger partial charge in [-0.3, -0.25) is 9.59 Å². The van der Waals surface area contributed by atoms with Crippen molar-refractivity contribution in [3.63, 3.8) is 0 Å². The average Bonchev–Trinajstić information content (AvgIpc) is 3.00. The van der Waals surface area contributed by atoms with Gasteiger partial charge in [-0.15, -0.1) is 0 Å². The van der Waals surface area contributed by atoms with Crippen molar-refractivity contribution in [1.29, 1.82) is 0 Å². The number of benzene rings is 1. The first kappa shape index (κ1) is 16.1. The van der Waals surface area contributed by atoms with Crippen LogP contribution in [-0.4, -0.2) is 43.1 Å². The van der Waals surface area contributed by atoms with Crippen molar-refractivity contribution in [2.45, 2.75) is 32.7 Å². The number of ether oxygens (including phenoxy) is 2. The molecule has 0 aromatic heterocycles. The fraction of sp³-hybridized carbons (Fsp3) is 0.500. The quantitative estimate of drug-likeness (QED) is 0.861. The lowest BCUT2D eigenvalue weighted by Crippen LogP contribution is -2.45. The molecular weight excluding hydrogens is 284 g/mol. The van der Waals surface area contributed by atoms with Crippen LogP contribution in [0.25, 0.3) is 0 Å². The van der Waals surface area contributed by atoms with Crippen LogP contribution in [0.2, 0.25) is 0 Å². The van der Waals surface area contributed by atoms with Gasteiger partial charge < -0.3 is 19.7 Å². The number of carbonyl (C=O) groups is 2. The molecule has 1 aromatic rings. The third-order valence-corrected chi connectivity index (χ3v) is 3.70. The molecule has 22 heavy (non-hydrogen) atoms. The van der Waals surface area contributed by atoms with Crippen molar-refractivity contribution in [3.8, 4) is 11.5 Å². The molecule has 120 valence electrons. The van der Waals surface area contributed by atoms with Gasteiger partial charge in [0, 0.05) is 20.0 Å². The van der Waals surface area contributed by atoms with E-state index < -0.39 is 6.04 Å². The number of aryl methyl sites for hydroxylation is 1. The van der Waals surface area contributed by atoms with E-state index >= 15 is 0 Å². The Labute approximate surface area is 130 Å². The first-order valence-electron chi connectivity index (χ1n) is 7.44. The highest BCUT2D eigenvalue weighted by Gasteiger charge is 2.20. The first-order chi connectivity index (χ1) is 10.5. The summed E-state index contributed by atoms with van der Waals surface area (Å²) in [5.41, 5.74) is 0.940. The van der Waals surface area contributed by atoms with Gasteiger partial charge in [0.1, 0.15) is 6.04 Å². The maximum atomic E-state index is 12.0. The van der Waals surface area contributed by atoms with Gasteiger partial charge in [-0.2, -0.15) is 0 Å². The smallest absolute Gasteiger partial charge is 0.244 e. The predicted octanol–water partition coefficient (Wildman–Crippen LogP) is 1.33. The fourth-order valence-corrected chi connectivity index (χ4v) is 2.30. The minimum atomic E-state index is -0.515. The van der Waals surface area contributed by atoms with Gasteiger partial charge in [-0.1, -0.05) is 12.1 Å². The van der Waals surface area contributed by atoms with E-state index in [1.54, 1.807) is 18.9 Å². The second-order valence-electron chi connectivity index (χ2n) is 5.29. The van der Waals surface area contributed by atoms with Crippen LogP contribution in [0.5, 0.6) is 11.5 Å². The minimum Gasteiger partial charge on any atom is -0.454 e. The van der Waals surface area contributed by atoms with Gasteiger partial charge in [0.2, 0.25) is 18.6 Å². The molecule has 1 aliphatic rings. The third-order valence-electron chi connectivity index (χ3n) is 3.70. The topological polar surface area (TPSA) is 67.9 Å². The highest BCUT2D eigenvalue weighted by Crippen LogP contribution is 2.35. The van der Waals surface area contributed by atoms with Crippen molar-refractivity contribution >= 4 is 11.8 Å². The molecule has 6 nitrogen and oxygen atoms in total. The lowest BCUT2D eigenvalue weighted by molar-refractivity contribution is -0.134. The van der Waals surface area contributed by atoms with Crippen molar-refractivity contribution < 1.29 is 19.1 Å². The maximum absolute atomic E-state index is 12.0. The Morgan fingerprint density at radius 3 is 2.86 bits per heavy atom. The van der Waals surface area contributed by atoms with E-state index in [0.717, 1.165) is 5.56 Å². The zero-order chi connectivity index (χ0) is 16.1. The Morgan fingerprint density at radius 2 is 2.14 bits per heavy atom. The van der Waals surface area contributed by atoms with Gasteiger partial charge in [-0.05, 0) is 31.9 Å². The molecule has 0 spiro atoms. The summed E-state index contributed by atoms with van der Waals surface area (Å²) in [5, 5.41) is 2.73. The molecule has 1 heterocycles. The summed E-state index contributed by atoms with van der Waals surface area (Å²) in [7, 11) is 1.72. The number of para-hydroxylation sites is 1. The number of nitrogens with zero attached hydrogens (tertiary/aromatic N) is 1. The number of carbonyl (C=O) groups excluding carboxylic acids is 2. The Balaban J connectivity index is 1.86. The molecule has 1 atom stereocenters. The summed E-state index contributed by atoms with van der Waals surface area (Å²) >= 11 is 0. The summed E-state index contributed by atoms with van der Waals surface area (Å²) in [6.45, 7) is 4.42. The van der Waals surface area contributed by atoms with Crippen LogP contribution in [0.3, 0.4) is 0 Å². The van der Waals surface area contributed by atoms with E-state index in [1.165, 1.54) is 0 Å². The number of hydrogen-bond donors (Lipinski definition) is 1. The second kappa shape index (κ2) is 7.15. The Morgan fingerprint density at radius 1 is 1.36 bits per heavy atom. The molecule has 0 radical (unpaired) electrons. The van der Waals surface area contributed by atoms with Crippen LogP contribution >= 0.6 is 0 Å². The molecule has 1 aromatic carbocycles. The summed E-state index contributed by atoms with van der Waals surface area (Å²) in [4.78, 5) is 25.5. The highest BCUT2D eigenvalue weighted by molar-refractivity contribution is 5.87. The summed E-state index contributed by atoms with van der Waals surface area (Å²) in [5.74, 6) is 1.19. The number of likely N-dealkylation sites (N-methyl/N-ethyl adjacent to an activating group) is 1. The molecular formula is C16H22N2O4. The molecule has 0 saturated carbocycles. The van der Waals surface area contributed by atoms with Gasteiger partial charge in [0.05, 0.1) is 0 Å². The number of fused-ring (bicyclic) bond motifs is 1. The lowest BCUT2D eigenvalue weighted by Gasteiger charge is -2.20. The molecule has 2 rings (SSSR count). The Kier molecular flexibility index (Phi) is 5.25. The number of hydrogen-bond acceptors (Lipinski definition) is 4. The zero-order valence-electron chi connectivity index (χ0n) is 13.2. The predicted molar refractivity (Wildman–Crippen MR) is 81.8 cm³/mol. The van der Waals surface area contributed by atoms with E-state index in [-0.39, 0.29) is 18.6 Å². The van der Waals surface area contributed by atoms with Crippen LogP contribution in [0, 0.1) is 0 Å². The average molecular weight is 306 g/mol. The van der Waals surface area contributed by atoms with Gasteiger partial charge >= 0.3 is 0 Å². The molecule has 0 aliphatic carbocycles. The van der Waals surface area contributed by atoms with Crippen molar-refractivity contribution in [1.82, 2.24) is 10.2 Å². The lowest BCUT2D eigenvalue weighted by atomic mass is 10.1. The van der Waals surface area contributed by atoms with E-state index in [1.807, 2.05) is 25.1 Å². The van der Waals surface area contributed by atoms with Crippen molar-refractivity contribution in [3.05, 3.63) is 23.8 Å². The monoisotopic (exact) mass is 306 g/mol. The number of amides is 2. The first-order valence-corrected chi connectivity index (χ1v) is 7.44. The van der Waals surface area contributed by atoms with E-state index in [2.05, 4.69) is 5.32 Å². The van der Waals surface area contributed by atoms with Gasteiger partial charge in [0.15, 0.2) is 11.5 Å². The Hall–Kier alpha value is -2.24. The summed E-state index contributed by atoms with van der Waals surface area (Å²) in [6, 6.07) is 5.12. The van der Waals surface area contributed by atoms with Crippen LogP contribution < -0.4 is 14.8 Å². The van der Waals surface area contributed by atoms with Crippen molar-refractivity contribution in [2.75, 3.05) is 20.4 Å². The number of nitrogens with one attached hydrogen (secondary N) is 1. The molecule has 6 heteroatoms. The van der Waals surface area contributed by atoms with Crippen LogP contribution in [0.15, 0.2) is 18.2 Å². The third kappa shape index (κ3) is 3.69. The largest absolute Gasteiger partial charge is 0.454 e. The van der Waals surface area contributed by atoms with Gasteiger partial charge in [0.25, 0.3) is 0 Å². The van der Waals surface area contributed by atoms with E-state index in [0.29, 0.717) is 30.9 Å². The molecule has 0 unspecified atom stereocenters. The van der Waals surface area contributed by atoms with Crippen molar-refractivity contribution in [2.24, 2.45) is 0 Å². The summed E-state index contributed by atoms with van der Waals surface area (Å²) < 4.78 is 10.7. The van der Waals surface area contributed by atoms with Crippen LogP contribution in [-0.2, 0) is 16.0 Å². The second-order valence-corrected chi connectivity index (χ2v) is 5.29. The van der Waals surface area contributed by atoms with Crippen LogP contribution in [0.4, 0.5) is 0 Å². The zero-order valence-corrected chi connectivity index (χ0v) is 13.2.